The highest BCUT2D eigenvalue weighted by Gasteiger charge is 2.36. The van der Waals surface area contributed by atoms with Gasteiger partial charge in [0.2, 0.25) is 5.91 Å². The zero-order valence-electron chi connectivity index (χ0n) is 24.6. The van der Waals surface area contributed by atoms with Crippen molar-refractivity contribution in [2.75, 3.05) is 29.2 Å². The third-order valence-corrected chi connectivity index (χ3v) is 7.72. The number of hydrogen-bond acceptors (Lipinski definition) is 4. The molecule has 1 fully saturated rings. The van der Waals surface area contributed by atoms with Crippen LogP contribution in [-0.2, 0) is 17.8 Å². The Kier molecular flexibility index (Phi) is 10.5. The molecule has 11 heteroatoms. The van der Waals surface area contributed by atoms with Gasteiger partial charge in [-0.15, -0.1) is 0 Å². The average Bonchev–Trinajstić information content (AvgIpc) is 3.01. The number of nitrogens with one attached hydrogen (secondary N) is 2. The van der Waals surface area contributed by atoms with Gasteiger partial charge in [-0.1, -0.05) is 67.5 Å². The fourth-order valence-corrected chi connectivity index (χ4v) is 5.33. The van der Waals surface area contributed by atoms with Crippen molar-refractivity contribution in [3.8, 4) is 5.75 Å². The predicted octanol–water partition coefficient (Wildman–Crippen LogP) is 8.20. The van der Waals surface area contributed by atoms with Gasteiger partial charge in [-0.05, 0) is 60.9 Å². The molecule has 1 heterocycles. The number of nitrogens with zero attached hydrogens (tertiary/aromatic N) is 3. The second-order valence-electron chi connectivity index (χ2n) is 9.83. The SMILES string of the molecule is C=CC(=O)Nc1ccccc1N/C(C)=N/C=C1/CN(c2c(Cl)c(CC)cc(OC)c2Cl)C(=O)N(Cc2ccc(F)cc2)C1=C. The van der Waals surface area contributed by atoms with Crippen LogP contribution in [0.25, 0.3) is 0 Å². The normalized spacial score (nSPS) is 14.6. The molecule has 0 spiro atoms. The van der Waals surface area contributed by atoms with Crippen molar-refractivity contribution in [3.05, 3.63) is 118 Å². The van der Waals surface area contributed by atoms with E-state index in [0.29, 0.717) is 56.9 Å². The van der Waals surface area contributed by atoms with Crippen LogP contribution in [0.4, 0.5) is 26.2 Å². The second kappa shape index (κ2) is 14.2. The second-order valence-corrected chi connectivity index (χ2v) is 10.6. The zero-order chi connectivity index (χ0) is 32.0. The topological polar surface area (TPSA) is 86.3 Å². The summed E-state index contributed by atoms with van der Waals surface area (Å²) >= 11 is 13.6. The summed E-state index contributed by atoms with van der Waals surface area (Å²) in [5.41, 5.74) is 3.96. The Morgan fingerprint density at radius 3 is 2.39 bits per heavy atom. The minimum atomic E-state index is -0.415. The van der Waals surface area contributed by atoms with E-state index < -0.39 is 6.03 Å². The molecular weight excluding hydrogens is 604 g/mol. The van der Waals surface area contributed by atoms with Crippen molar-refractivity contribution in [3.63, 3.8) is 0 Å². The number of rotatable bonds is 9. The number of amidine groups is 1. The van der Waals surface area contributed by atoms with Crippen LogP contribution in [0.15, 0.2) is 96.3 Å². The van der Waals surface area contributed by atoms with E-state index in [1.54, 1.807) is 49.5 Å². The van der Waals surface area contributed by atoms with Gasteiger partial charge in [0.1, 0.15) is 22.4 Å². The molecule has 4 rings (SSSR count). The number of aliphatic imine (C=N–C) groups is 1. The number of methoxy groups -OCH3 is 1. The summed E-state index contributed by atoms with van der Waals surface area (Å²) in [7, 11) is 1.50. The smallest absolute Gasteiger partial charge is 0.329 e. The van der Waals surface area contributed by atoms with Gasteiger partial charge in [-0.3, -0.25) is 14.6 Å². The minimum absolute atomic E-state index is 0.0656. The Bertz CT molecular complexity index is 1640. The monoisotopic (exact) mass is 635 g/mol. The van der Waals surface area contributed by atoms with Gasteiger partial charge in [0, 0.05) is 17.5 Å². The highest BCUT2D eigenvalue weighted by molar-refractivity contribution is 6.41. The third-order valence-electron chi connectivity index (χ3n) is 6.93. The lowest BCUT2D eigenvalue weighted by Gasteiger charge is -2.39. The molecule has 0 bridgehead atoms. The van der Waals surface area contributed by atoms with E-state index in [2.05, 4.69) is 28.8 Å². The number of carbonyl (C=O) groups is 2. The van der Waals surface area contributed by atoms with Gasteiger partial charge in [0.05, 0.1) is 42.3 Å². The Hall–Kier alpha value is -4.60. The van der Waals surface area contributed by atoms with Gasteiger partial charge in [0.25, 0.3) is 0 Å². The van der Waals surface area contributed by atoms with E-state index in [1.807, 2.05) is 13.0 Å². The fourth-order valence-electron chi connectivity index (χ4n) is 4.57. The summed E-state index contributed by atoms with van der Waals surface area (Å²) in [5.74, 6) is 0.159. The Morgan fingerprint density at radius 2 is 1.77 bits per heavy atom. The molecule has 1 saturated heterocycles. The van der Waals surface area contributed by atoms with Crippen molar-refractivity contribution in [2.24, 2.45) is 4.99 Å². The van der Waals surface area contributed by atoms with Crippen LogP contribution in [-0.4, -0.2) is 36.3 Å². The first kappa shape index (κ1) is 32.3. The standard InChI is InChI=1S/C33H32Cl2FN5O3/c1-6-23-16-28(44-5)31(35)32(30(23)34)41-19-24(20(3)40(33(41)43)18-22-12-14-25(36)15-13-22)17-37-21(4)38-26-10-8-9-11-27(26)39-29(42)7-2/h7-17H,2-3,6,18-19H2,1,4-5H3,(H,37,38)(H,39,42)/b24-17-. The lowest BCUT2D eigenvalue weighted by atomic mass is 10.1. The third kappa shape index (κ3) is 7.12. The van der Waals surface area contributed by atoms with E-state index in [1.165, 1.54) is 35.1 Å². The van der Waals surface area contributed by atoms with Gasteiger partial charge in [0.15, 0.2) is 0 Å². The molecule has 0 aromatic heterocycles. The maximum absolute atomic E-state index is 14.0. The summed E-state index contributed by atoms with van der Waals surface area (Å²) in [6, 6.07) is 14.4. The summed E-state index contributed by atoms with van der Waals surface area (Å²) in [6.45, 7) is 11.6. The molecule has 0 unspecified atom stereocenters. The molecule has 8 nitrogen and oxygen atoms in total. The minimum Gasteiger partial charge on any atom is -0.495 e. The highest BCUT2D eigenvalue weighted by Crippen LogP contribution is 2.45. The molecule has 0 radical (unpaired) electrons. The van der Waals surface area contributed by atoms with Crippen molar-refractivity contribution in [2.45, 2.75) is 26.8 Å². The van der Waals surface area contributed by atoms with Crippen molar-refractivity contribution < 1.29 is 18.7 Å². The molecule has 228 valence electrons. The van der Waals surface area contributed by atoms with Crippen LogP contribution < -0.4 is 20.3 Å². The van der Waals surface area contributed by atoms with Gasteiger partial charge in [-0.25, -0.2) is 14.2 Å². The van der Waals surface area contributed by atoms with Crippen LogP contribution in [0.1, 0.15) is 25.0 Å². The first-order valence-corrected chi connectivity index (χ1v) is 14.4. The Morgan fingerprint density at radius 1 is 1.11 bits per heavy atom. The number of hydrogen-bond donors (Lipinski definition) is 2. The van der Waals surface area contributed by atoms with E-state index in [4.69, 9.17) is 27.9 Å². The van der Waals surface area contributed by atoms with Crippen LogP contribution in [0.3, 0.4) is 0 Å². The molecule has 0 saturated carbocycles. The lowest BCUT2D eigenvalue weighted by molar-refractivity contribution is -0.111. The molecule has 0 aliphatic carbocycles. The quantitative estimate of drug-likeness (QED) is 0.141. The van der Waals surface area contributed by atoms with Gasteiger partial charge in [-0.2, -0.15) is 0 Å². The summed E-state index contributed by atoms with van der Waals surface area (Å²) in [5, 5.41) is 6.47. The van der Waals surface area contributed by atoms with Crippen LogP contribution in [0.5, 0.6) is 5.75 Å². The molecule has 3 amide bonds. The lowest BCUT2D eigenvalue weighted by Crippen LogP contribution is -2.49. The van der Waals surface area contributed by atoms with Crippen LogP contribution >= 0.6 is 23.2 Å². The first-order valence-electron chi connectivity index (χ1n) is 13.7. The molecule has 1 aliphatic heterocycles. The summed E-state index contributed by atoms with van der Waals surface area (Å²) in [4.78, 5) is 33.4. The number of ether oxygens (including phenoxy) is 1. The van der Waals surface area contributed by atoms with E-state index in [0.717, 1.165) is 5.56 Å². The van der Waals surface area contributed by atoms with Crippen molar-refractivity contribution in [1.82, 2.24) is 4.90 Å². The summed E-state index contributed by atoms with van der Waals surface area (Å²) < 4.78 is 19.1. The Labute approximate surface area is 266 Å². The number of benzene rings is 3. The van der Waals surface area contributed by atoms with Crippen LogP contribution in [0.2, 0.25) is 10.0 Å². The Balaban J connectivity index is 1.75. The molecule has 3 aromatic rings. The van der Waals surface area contributed by atoms with E-state index in [9.17, 15) is 14.0 Å². The summed E-state index contributed by atoms with van der Waals surface area (Å²) in [6.07, 6.45) is 3.38. The van der Waals surface area contributed by atoms with Gasteiger partial charge < -0.3 is 15.4 Å². The molecule has 44 heavy (non-hydrogen) atoms. The predicted molar refractivity (Wildman–Crippen MR) is 176 cm³/mol. The van der Waals surface area contributed by atoms with Crippen molar-refractivity contribution in [1.29, 1.82) is 0 Å². The largest absolute Gasteiger partial charge is 0.495 e. The molecular formula is C33H32Cl2FN5O3. The molecule has 3 aromatic carbocycles. The fraction of sp³-hybridized carbons (Fsp3) is 0.182. The molecule has 0 atom stereocenters. The number of halogens is 3. The molecule has 2 N–H and O–H groups in total. The average molecular weight is 637 g/mol. The number of amides is 3. The van der Waals surface area contributed by atoms with E-state index >= 15 is 0 Å². The maximum atomic E-state index is 14.0. The maximum Gasteiger partial charge on any atom is 0.329 e. The highest BCUT2D eigenvalue weighted by atomic mass is 35.5. The van der Waals surface area contributed by atoms with E-state index in [-0.39, 0.29) is 29.8 Å². The number of anilines is 3. The number of carbonyl (C=O) groups excluding carboxylic acids is 2. The van der Waals surface area contributed by atoms with Crippen molar-refractivity contribution >= 4 is 58.0 Å². The molecule has 1 aliphatic rings. The number of aryl methyl sites for hydroxylation is 1. The number of urea groups is 1. The number of para-hydroxylation sites is 2. The zero-order valence-corrected chi connectivity index (χ0v) is 26.1. The van der Waals surface area contributed by atoms with Crippen LogP contribution in [0, 0.1) is 5.82 Å². The van der Waals surface area contributed by atoms with Gasteiger partial charge >= 0.3 is 6.03 Å². The first-order chi connectivity index (χ1) is 21.1.